The van der Waals surface area contributed by atoms with Crippen LogP contribution >= 0.6 is 23.8 Å². The van der Waals surface area contributed by atoms with Crippen LogP contribution in [0.1, 0.15) is 29.6 Å². The molecule has 1 heterocycles. The maximum absolute atomic E-state index is 12.7. The van der Waals surface area contributed by atoms with Gasteiger partial charge in [0.25, 0.3) is 5.91 Å². The molecule has 1 amide bonds. The third kappa shape index (κ3) is 4.52. The predicted octanol–water partition coefficient (Wildman–Crippen LogP) is 5.61. The number of carbonyl (C=O) groups excluding carboxylic acids is 1. The molecule has 1 fully saturated rings. The lowest BCUT2D eigenvalue weighted by atomic mass is 10.0. The van der Waals surface area contributed by atoms with Crippen LogP contribution < -0.4 is 15.5 Å². The van der Waals surface area contributed by atoms with Gasteiger partial charge >= 0.3 is 0 Å². The SMILES string of the molecule is O=C(NC(=S)Nc1ccc(N2CCCCC2)cc1)c1cccc2c(Cl)cccc12. The van der Waals surface area contributed by atoms with E-state index < -0.39 is 0 Å². The lowest BCUT2D eigenvalue weighted by molar-refractivity contribution is 0.0979. The highest BCUT2D eigenvalue weighted by atomic mass is 35.5. The Bertz CT molecular complexity index is 1050. The quantitative estimate of drug-likeness (QED) is 0.537. The number of rotatable bonds is 3. The first-order valence-electron chi connectivity index (χ1n) is 9.76. The molecule has 3 aromatic carbocycles. The molecule has 0 aliphatic carbocycles. The van der Waals surface area contributed by atoms with Crippen LogP contribution in [0.2, 0.25) is 5.02 Å². The number of hydrogen-bond donors (Lipinski definition) is 2. The van der Waals surface area contributed by atoms with E-state index in [0.29, 0.717) is 10.6 Å². The number of piperidine rings is 1. The Hall–Kier alpha value is -2.63. The maximum atomic E-state index is 12.7. The van der Waals surface area contributed by atoms with Crippen molar-refractivity contribution in [3.05, 3.63) is 71.2 Å². The fourth-order valence-electron chi connectivity index (χ4n) is 3.71. The zero-order valence-electron chi connectivity index (χ0n) is 16.0. The van der Waals surface area contributed by atoms with E-state index in [-0.39, 0.29) is 11.0 Å². The molecule has 0 spiro atoms. The van der Waals surface area contributed by atoms with Crippen molar-refractivity contribution < 1.29 is 4.79 Å². The van der Waals surface area contributed by atoms with E-state index in [4.69, 9.17) is 23.8 Å². The summed E-state index contributed by atoms with van der Waals surface area (Å²) in [7, 11) is 0. The second-order valence-electron chi connectivity index (χ2n) is 7.14. The molecule has 0 saturated carbocycles. The summed E-state index contributed by atoms with van der Waals surface area (Å²) in [4.78, 5) is 15.1. The minimum Gasteiger partial charge on any atom is -0.372 e. The second-order valence-corrected chi connectivity index (χ2v) is 7.96. The Morgan fingerprint density at radius 3 is 2.34 bits per heavy atom. The molecule has 0 radical (unpaired) electrons. The van der Waals surface area contributed by atoms with E-state index in [2.05, 4.69) is 27.7 Å². The zero-order valence-corrected chi connectivity index (χ0v) is 17.5. The molecule has 0 bridgehead atoms. The van der Waals surface area contributed by atoms with Crippen LogP contribution in [0, 0.1) is 0 Å². The van der Waals surface area contributed by atoms with Gasteiger partial charge in [-0.05, 0) is 73.3 Å². The molecule has 29 heavy (non-hydrogen) atoms. The van der Waals surface area contributed by atoms with Crippen LogP contribution in [0.5, 0.6) is 0 Å². The largest absolute Gasteiger partial charge is 0.372 e. The first-order valence-corrected chi connectivity index (χ1v) is 10.5. The summed E-state index contributed by atoms with van der Waals surface area (Å²) >= 11 is 11.6. The van der Waals surface area contributed by atoms with Gasteiger partial charge in [-0.1, -0.05) is 35.9 Å². The molecule has 4 rings (SSSR count). The van der Waals surface area contributed by atoms with E-state index in [1.807, 2.05) is 42.5 Å². The van der Waals surface area contributed by atoms with Gasteiger partial charge in [-0.3, -0.25) is 10.1 Å². The Morgan fingerprint density at radius 2 is 1.59 bits per heavy atom. The van der Waals surface area contributed by atoms with Crippen LogP contribution in [-0.2, 0) is 0 Å². The zero-order chi connectivity index (χ0) is 20.2. The van der Waals surface area contributed by atoms with Gasteiger partial charge in [-0.25, -0.2) is 0 Å². The molecule has 4 nitrogen and oxygen atoms in total. The highest BCUT2D eigenvalue weighted by Crippen LogP contribution is 2.26. The maximum Gasteiger partial charge on any atom is 0.258 e. The number of amides is 1. The van der Waals surface area contributed by atoms with Crippen molar-refractivity contribution in [2.45, 2.75) is 19.3 Å². The number of hydrogen-bond acceptors (Lipinski definition) is 3. The number of benzene rings is 3. The third-order valence-electron chi connectivity index (χ3n) is 5.19. The Kier molecular flexibility index (Phi) is 5.97. The van der Waals surface area contributed by atoms with Crippen LogP contribution in [0.3, 0.4) is 0 Å². The Labute approximate surface area is 180 Å². The van der Waals surface area contributed by atoms with Crippen molar-refractivity contribution in [3.8, 4) is 0 Å². The van der Waals surface area contributed by atoms with E-state index in [9.17, 15) is 4.79 Å². The first-order chi connectivity index (χ1) is 14.1. The monoisotopic (exact) mass is 423 g/mol. The number of fused-ring (bicyclic) bond motifs is 1. The van der Waals surface area contributed by atoms with Crippen molar-refractivity contribution in [1.82, 2.24) is 5.32 Å². The van der Waals surface area contributed by atoms with Gasteiger partial charge in [0, 0.05) is 40.4 Å². The standard InChI is InChI=1S/C23H22ClN3OS/c24-21-9-5-6-18-19(21)7-4-8-20(18)22(28)26-23(29)25-16-10-12-17(13-11-16)27-14-2-1-3-15-27/h4-13H,1-3,14-15H2,(H2,25,26,28,29). The average Bonchev–Trinajstić information content (AvgIpc) is 2.75. The van der Waals surface area contributed by atoms with Crippen LogP contribution in [0.4, 0.5) is 11.4 Å². The van der Waals surface area contributed by atoms with Gasteiger partial charge in [0.05, 0.1) is 0 Å². The fraction of sp³-hybridized carbons (Fsp3) is 0.217. The lowest BCUT2D eigenvalue weighted by Crippen LogP contribution is -2.34. The van der Waals surface area contributed by atoms with Crippen molar-refractivity contribution in [3.63, 3.8) is 0 Å². The van der Waals surface area contributed by atoms with Crippen LogP contribution in [0.15, 0.2) is 60.7 Å². The number of nitrogens with one attached hydrogen (secondary N) is 2. The molecule has 1 aliphatic heterocycles. The van der Waals surface area contributed by atoms with Crippen molar-refractivity contribution in [1.29, 1.82) is 0 Å². The summed E-state index contributed by atoms with van der Waals surface area (Å²) in [5.74, 6) is -0.264. The number of halogens is 1. The van der Waals surface area contributed by atoms with Crippen molar-refractivity contribution in [2.24, 2.45) is 0 Å². The molecule has 1 saturated heterocycles. The molecule has 0 aromatic heterocycles. The van der Waals surface area contributed by atoms with Gasteiger partial charge in [0.2, 0.25) is 0 Å². The molecule has 0 unspecified atom stereocenters. The summed E-state index contributed by atoms with van der Waals surface area (Å²) < 4.78 is 0. The van der Waals surface area contributed by atoms with E-state index in [0.717, 1.165) is 29.5 Å². The smallest absolute Gasteiger partial charge is 0.258 e. The normalized spacial score (nSPS) is 13.9. The first kappa shape index (κ1) is 19.7. The van der Waals surface area contributed by atoms with Crippen LogP contribution in [-0.4, -0.2) is 24.1 Å². The molecule has 1 aliphatic rings. The highest BCUT2D eigenvalue weighted by Gasteiger charge is 2.13. The molecule has 2 N–H and O–H groups in total. The number of anilines is 2. The summed E-state index contributed by atoms with van der Waals surface area (Å²) in [6, 6.07) is 19.2. The van der Waals surface area contributed by atoms with E-state index >= 15 is 0 Å². The molecular formula is C23H22ClN3OS. The molecule has 3 aromatic rings. The van der Waals surface area contributed by atoms with E-state index in [1.165, 1.54) is 24.9 Å². The minimum atomic E-state index is -0.264. The van der Waals surface area contributed by atoms with Gasteiger partial charge in [-0.2, -0.15) is 0 Å². The Balaban J connectivity index is 1.42. The summed E-state index contributed by atoms with van der Waals surface area (Å²) in [6.45, 7) is 2.21. The molecule has 0 atom stereocenters. The van der Waals surface area contributed by atoms with Gasteiger partial charge < -0.3 is 10.2 Å². The predicted molar refractivity (Wildman–Crippen MR) is 125 cm³/mol. The topological polar surface area (TPSA) is 44.4 Å². The minimum absolute atomic E-state index is 0.264. The second kappa shape index (κ2) is 8.80. The van der Waals surface area contributed by atoms with E-state index in [1.54, 1.807) is 6.07 Å². The lowest BCUT2D eigenvalue weighted by Gasteiger charge is -2.28. The highest BCUT2D eigenvalue weighted by molar-refractivity contribution is 7.80. The summed E-state index contributed by atoms with van der Waals surface area (Å²) in [5.41, 5.74) is 2.60. The van der Waals surface area contributed by atoms with Gasteiger partial charge in [0.15, 0.2) is 5.11 Å². The number of carbonyl (C=O) groups is 1. The number of thiocarbonyl (C=S) groups is 1. The van der Waals surface area contributed by atoms with Crippen molar-refractivity contribution in [2.75, 3.05) is 23.3 Å². The van der Waals surface area contributed by atoms with Crippen molar-refractivity contribution >= 4 is 57.0 Å². The average molecular weight is 424 g/mol. The fourth-order valence-corrected chi connectivity index (χ4v) is 4.16. The van der Waals surface area contributed by atoms with Gasteiger partial charge in [0.1, 0.15) is 0 Å². The molecule has 6 heteroatoms. The Morgan fingerprint density at radius 1 is 0.897 bits per heavy atom. The van der Waals surface area contributed by atoms with Crippen LogP contribution in [0.25, 0.3) is 10.8 Å². The molecule has 148 valence electrons. The number of nitrogens with zero attached hydrogens (tertiary/aromatic N) is 1. The van der Waals surface area contributed by atoms with Gasteiger partial charge in [-0.15, -0.1) is 0 Å². The summed E-state index contributed by atoms with van der Waals surface area (Å²) in [5, 5.41) is 8.37. The molecular weight excluding hydrogens is 402 g/mol. The third-order valence-corrected chi connectivity index (χ3v) is 5.72. The summed E-state index contributed by atoms with van der Waals surface area (Å²) in [6.07, 6.45) is 3.80.